The summed E-state index contributed by atoms with van der Waals surface area (Å²) in [7, 11) is 0. The fourth-order valence-corrected chi connectivity index (χ4v) is 6.92. The fraction of sp³-hybridized carbons (Fsp3) is 0.586. The highest BCUT2D eigenvalue weighted by Gasteiger charge is 2.29. The van der Waals surface area contributed by atoms with Gasteiger partial charge in [0, 0.05) is 37.4 Å². The number of halogens is 1. The summed E-state index contributed by atoms with van der Waals surface area (Å²) in [6.45, 7) is 12.6. The molecule has 0 radical (unpaired) electrons. The Morgan fingerprint density at radius 2 is 1.55 bits per heavy atom. The van der Waals surface area contributed by atoms with Crippen LogP contribution in [0.15, 0.2) is 24.3 Å². The predicted molar refractivity (Wildman–Crippen MR) is 151 cm³/mol. The molecule has 0 atom stereocenters. The van der Waals surface area contributed by atoms with E-state index in [2.05, 4.69) is 45.6 Å². The molecule has 3 saturated heterocycles. The molecule has 3 fully saturated rings. The van der Waals surface area contributed by atoms with E-state index in [9.17, 15) is 0 Å². The van der Waals surface area contributed by atoms with Crippen LogP contribution in [0.1, 0.15) is 31.7 Å². The molecule has 5 aliphatic rings. The third-order valence-electron chi connectivity index (χ3n) is 7.76. The lowest BCUT2D eigenvalue weighted by Crippen LogP contribution is -3.00. The maximum Gasteiger partial charge on any atom is 0.228 e. The summed E-state index contributed by atoms with van der Waals surface area (Å²) in [6, 6.07) is 9.17. The van der Waals surface area contributed by atoms with Gasteiger partial charge in [-0.1, -0.05) is 19.8 Å². The van der Waals surface area contributed by atoms with Crippen molar-refractivity contribution in [3.05, 3.63) is 35.2 Å². The van der Waals surface area contributed by atoms with Gasteiger partial charge in [0.2, 0.25) is 5.36 Å². The third kappa shape index (κ3) is 5.96. The molecule has 9 heteroatoms. The lowest BCUT2D eigenvalue weighted by Gasteiger charge is -2.31. The number of anilines is 2. The summed E-state index contributed by atoms with van der Waals surface area (Å²) in [5, 5.41) is 1.41. The average Bonchev–Trinajstić information content (AvgIpc) is 2.96. The first-order chi connectivity index (χ1) is 18.3. The predicted octanol–water partition coefficient (Wildman–Crippen LogP) is 0.613. The standard InChI is InChI=1S/C29H39N4O3S.HI/c1-2-3-4-5-22-20-25-29(28(33-12-18-36-19-13-33)27(22)32-10-16-35-17-11-32)37-26-21-23(6-7-24(26)30-25)31-8-14-34-15-9-31;/h6-7,20-21H,2-5,8-19H2,1H3;1H/q+1;/p-1. The van der Waals surface area contributed by atoms with Gasteiger partial charge in [0.05, 0.1) is 47.2 Å². The van der Waals surface area contributed by atoms with Gasteiger partial charge in [-0.05, 0) is 37.1 Å². The zero-order valence-corrected chi connectivity index (χ0v) is 25.4. The van der Waals surface area contributed by atoms with Crippen molar-refractivity contribution in [3.63, 3.8) is 0 Å². The van der Waals surface area contributed by atoms with Gasteiger partial charge >= 0.3 is 0 Å². The van der Waals surface area contributed by atoms with E-state index in [1.165, 1.54) is 51.1 Å². The molecule has 0 aromatic heterocycles. The van der Waals surface area contributed by atoms with Gasteiger partial charge < -0.3 is 48.0 Å². The van der Waals surface area contributed by atoms with Crippen molar-refractivity contribution in [2.45, 2.75) is 32.6 Å². The Morgan fingerprint density at radius 3 is 2.26 bits per heavy atom. The van der Waals surface area contributed by atoms with Crippen LogP contribution in [-0.4, -0.2) is 83.9 Å². The molecule has 0 saturated carbocycles. The molecule has 7 nitrogen and oxygen atoms in total. The Morgan fingerprint density at radius 1 is 0.868 bits per heavy atom. The molecular formula is C29H39IN4O3S. The molecule has 0 N–H and O–H groups in total. The fourth-order valence-electron chi connectivity index (χ4n) is 5.77. The summed E-state index contributed by atoms with van der Waals surface area (Å²) < 4.78 is 21.0. The van der Waals surface area contributed by atoms with Gasteiger partial charge in [0.25, 0.3) is 0 Å². The first kappa shape index (κ1) is 28.0. The largest absolute Gasteiger partial charge is 1.00 e. The van der Waals surface area contributed by atoms with Gasteiger partial charge in [-0.15, -0.1) is 11.3 Å². The van der Waals surface area contributed by atoms with Crippen LogP contribution >= 0.6 is 11.3 Å². The van der Waals surface area contributed by atoms with Crippen LogP contribution in [0, 0.1) is 0 Å². The normalized spacial score (nSPS) is 18.7. The van der Waals surface area contributed by atoms with Crippen LogP contribution in [0.5, 0.6) is 0 Å². The number of hydrogen-bond donors (Lipinski definition) is 0. The number of benzene rings is 2. The monoisotopic (exact) mass is 650 g/mol. The topological polar surface area (TPSA) is 50.1 Å². The summed E-state index contributed by atoms with van der Waals surface area (Å²) in [6.07, 6.45) is 4.79. The average molecular weight is 651 g/mol. The maximum atomic E-state index is 5.78. The van der Waals surface area contributed by atoms with Crippen LogP contribution in [0.4, 0.5) is 11.4 Å². The second-order valence-electron chi connectivity index (χ2n) is 10.2. The second-order valence-corrected chi connectivity index (χ2v) is 11.3. The van der Waals surface area contributed by atoms with Crippen LogP contribution in [0.25, 0.3) is 20.8 Å². The number of aromatic nitrogens is 1. The number of rotatable bonds is 6. The minimum Gasteiger partial charge on any atom is -1.00 e. The summed E-state index contributed by atoms with van der Waals surface area (Å²) in [5.74, 6) is 0. The molecule has 0 amide bonds. The quantitative estimate of drug-likeness (QED) is 0.169. The van der Waals surface area contributed by atoms with Crippen LogP contribution in [-0.2, 0) is 20.6 Å². The number of nitrogens with zero attached hydrogens (tertiary/aromatic N) is 4. The van der Waals surface area contributed by atoms with Crippen molar-refractivity contribution in [3.8, 4) is 10.6 Å². The molecule has 1 aliphatic carbocycles. The lowest BCUT2D eigenvalue weighted by atomic mass is 10.0. The molecule has 6 rings (SSSR count). The van der Waals surface area contributed by atoms with E-state index in [1.54, 1.807) is 0 Å². The molecule has 0 bridgehead atoms. The van der Waals surface area contributed by atoms with E-state index in [-0.39, 0.29) is 24.0 Å². The van der Waals surface area contributed by atoms with E-state index in [0.29, 0.717) is 0 Å². The number of aryl methyl sites for hydroxylation is 1. The van der Waals surface area contributed by atoms with Crippen LogP contribution < -0.4 is 43.7 Å². The van der Waals surface area contributed by atoms with E-state index in [0.717, 1.165) is 96.5 Å². The van der Waals surface area contributed by atoms with Crippen molar-refractivity contribution < 1.29 is 38.2 Å². The summed E-state index contributed by atoms with van der Waals surface area (Å²) in [5.41, 5.74) is 6.28. The Labute approximate surface area is 246 Å². The highest BCUT2D eigenvalue weighted by atomic mass is 127. The summed E-state index contributed by atoms with van der Waals surface area (Å²) in [4.78, 5) is 11.6. The Bertz CT molecular complexity index is 1260. The smallest absolute Gasteiger partial charge is 0.228 e. The van der Waals surface area contributed by atoms with Gasteiger partial charge in [-0.3, -0.25) is 0 Å². The van der Waals surface area contributed by atoms with Gasteiger partial charge in [0.1, 0.15) is 18.9 Å². The SMILES string of the molecule is CCCCCc1cc2nc3ccc(N4CCOCC4)cc3sc-2c(N2CCOCC2)c1=[N+]1CCOCC1.[I-]. The first-order valence-electron chi connectivity index (χ1n) is 14.0. The zero-order chi connectivity index (χ0) is 25.0. The highest BCUT2D eigenvalue weighted by molar-refractivity contribution is 7.22. The van der Waals surface area contributed by atoms with E-state index in [1.807, 2.05) is 11.3 Å². The van der Waals surface area contributed by atoms with Crippen molar-refractivity contribution in [1.29, 1.82) is 0 Å². The molecule has 38 heavy (non-hydrogen) atoms. The van der Waals surface area contributed by atoms with Crippen LogP contribution in [0.3, 0.4) is 0 Å². The third-order valence-corrected chi connectivity index (χ3v) is 8.92. The van der Waals surface area contributed by atoms with Crippen molar-refractivity contribution in [2.75, 3.05) is 88.7 Å². The number of morpholine rings is 3. The Hall–Kier alpha value is -1.53. The van der Waals surface area contributed by atoms with Crippen molar-refractivity contribution >= 4 is 32.9 Å². The molecule has 1 aromatic carbocycles. The number of hydrogen-bond acceptors (Lipinski definition) is 7. The molecule has 206 valence electrons. The molecule has 4 heterocycles. The molecule has 0 unspecified atom stereocenters. The number of unbranched alkanes of at least 4 members (excludes halogenated alkanes) is 2. The Balaban J connectivity index is 0.00000294. The van der Waals surface area contributed by atoms with E-state index in [4.69, 9.17) is 19.2 Å². The highest BCUT2D eigenvalue weighted by Crippen LogP contribution is 2.39. The minimum absolute atomic E-state index is 0. The second kappa shape index (κ2) is 13.2. The van der Waals surface area contributed by atoms with Gasteiger partial charge in [0.15, 0.2) is 13.1 Å². The molecule has 4 aliphatic heterocycles. The van der Waals surface area contributed by atoms with Gasteiger partial charge in [-0.25, -0.2) is 9.56 Å². The molecular weight excluding hydrogens is 611 g/mol. The molecule has 0 spiro atoms. The number of fused-ring (bicyclic) bond motifs is 2. The van der Waals surface area contributed by atoms with Crippen molar-refractivity contribution in [1.82, 2.24) is 9.56 Å². The lowest BCUT2D eigenvalue weighted by molar-refractivity contribution is -0.00000974. The Kier molecular flexibility index (Phi) is 9.74. The maximum absolute atomic E-state index is 5.78. The summed E-state index contributed by atoms with van der Waals surface area (Å²) >= 11 is 1.90. The van der Waals surface area contributed by atoms with Gasteiger partial charge in [-0.2, -0.15) is 0 Å². The first-order valence-corrected chi connectivity index (χ1v) is 14.8. The van der Waals surface area contributed by atoms with E-state index >= 15 is 0 Å². The van der Waals surface area contributed by atoms with E-state index < -0.39 is 0 Å². The van der Waals surface area contributed by atoms with Crippen molar-refractivity contribution in [2.24, 2.45) is 0 Å². The zero-order valence-electron chi connectivity index (χ0n) is 22.4. The minimum atomic E-state index is 0. The van der Waals surface area contributed by atoms with Crippen LogP contribution in [0.2, 0.25) is 0 Å². The number of ether oxygens (including phenoxy) is 3. The molecule has 1 aromatic rings.